The molecule has 0 aliphatic heterocycles. The maximum atomic E-state index is 5.88. The minimum Gasteiger partial charge on any atom is -0.490 e. The van der Waals surface area contributed by atoms with Crippen molar-refractivity contribution in [2.45, 2.75) is 6.92 Å². The van der Waals surface area contributed by atoms with E-state index >= 15 is 0 Å². The topological polar surface area (TPSA) is 38.5 Å². The third-order valence-electron chi connectivity index (χ3n) is 3.05. The summed E-state index contributed by atoms with van der Waals surface area (Å²) in [7, 11) is 2.05. The first-order valence-electron chi connectivity index (χ1n) is 6.42. The molecule has 0 aliphatic carbocycles. The van der Waals surface area contributed by atoms with Gasteiger partial charge in [-0.3, -0.25) is 0 Å². The van der Waals surface area contributed by atoms with Gasteiger partial charge in [-0.2, -0.15) is 0 Å². The minimum absolute atomic E-state index is 0.610. The van der Waals surface area contributed by atoms with Gasteiger partial charge in [0.25, 0.3) is 0 Å². The monoisotopic (exact) mass is 256 g/mol. The zero-order valence-electron chi connectivity index (χ0n) is 11.5. The van der Waals surface area contributed by atoms with Crippen LogP contribution in [-0.2, 0) is 0 Å². The summed E-state index contributed by atoms with van der Waals surface area (Å²) in [5, 5.41) is 0. The molecule has 2 rings (SSSR count). The molecule has 19 heavy (non-hydrogen) atoms. The molecular weight excluding hydrogens is 236 g/mol. The first-order valence-corrected chi connectivity index (χ1v) is 6.42. The molecule has 0 unspecified atom stereocenters. The van der Waals surface area contributed by atoms with Gasteiger partial charge in [-0.15, -0.1) is 0 Å². The summed E-state index contributed by atoms with van der Waals surface area (Å²) in [4.78, 5) is 2.16. The molecule has 3 heteroatoms. The number of ether oxygens (including phenoxy) is 1. The molecule has 0 amide bonds. The van der Waals surface area contributed by atoms with Gasteiger partial charge in [-0.1, -0.05) is 24.3 Å². The summed E-state index contributed by atoms with van der Waals surface area (Å²) in [6.07, 6.45) is 0. The van der Waals surface area contributed by atoms with Crippen molar-refractivity contribution in [2.75, 3.05) is 30.8 Å². The Balaban J connectivity index is 1.88. The van der Waals surface area contributed by atoms with Crippen molar-refractivity contribution in [3.63, 3.8) is 0 Å². The number of aryl methyl sites for hydroxylation is 1. The van der Waals surface area contributed by atoms with Crippen molar-refractivity contribution in [3.8, 4) is 5.75 Å². The van der Waals surface area contributed by atoms with Gasteiger partial charge < -0.3 is 15.4 Å². The highest BCUT2D eigenvalue weighted by atomic mass is 16.5. The Morgan fingerprint density at radius 1 is 1.11 bits per heavy atom. The van der Waals surface area contributed by atoms with Gasteiger partial charge in [0, 0.05) is 12.7 Å². The lowest BCUT2D eigenvalue weighted by atomic mass is 10.2. The molecule has 0 radical (unpaired) electrons. The van der Waals surface area contributed by atoms with E-state index in [4.69, 9.17) is 10.5 Å². The normalized spacial score (nSPS) is 10.2. The van der Waals surface area contributed by atoms with Crippen molar-refractivity contribution in [1.82, 2.24) is 0 Å². The molecule has 0 saturated carbocycles. The van der Waals surface area contributed by atoms with Gasteiger partial charge in [0.1, 0.15) is 12.4 Å². The van der Waals surface area contributed by atoms with Crippen LogP contribution in [0.5, 0.6) is 5.75 Å². The zero-order chi connectivity index (χ0) is 13.7. The number of hydrogen-bond donors (Lipinski definition) is 1. The molecule has 0 bridgehead atoms. The number of rotatable bonds is 5. The van der Waals surface area contributed by atoms with Crippen molar-refractivity contribution in [3.05, 3.63) is 54.1 Å². The third kappa shape index (κ3) is 3.65. The van der Waals surface area contributed by atoms with Gasteiger partial charge in [-0.05, 0) is 36.8 Å². The van der Waals surface area contributed by atoms with Crippen LogP contribution in [-0.4, -0.2) is 20.2 Å². The van der Waals surface area contributed by atoms with E-state index in [0.717, 1.165) is 17.9 Å². The fourth-order valence-electron chi connectivity index (χ4n) is 1.87. The lowest BCUT2D eigenvalue weighted by Gasteiger charge is -2.19. The fourth-order valence-corrected chi connectivity index (χ4v) is 1.87. The number of nitrogens with zero attached hydrogens (tertiary/aromatic N) is 1. The molecule has 0 atom stereocenters. The average Bonchev–Trinajstić information content (AvgIpc) is 2.43. The quantitative estimate of drug-likeness (QED) is 0.835. The molecule has 100 valence electrons. The van der Waals surface area contributed by atoms with Crippen LogP contribution < -0.4 is 15.4 Å². The number of para-hydroxylation sites is 1. The van der Waals surface area contributed by atoms with Crippen LogP contribution in [0.2, 0.25) is 0 Å². The van der Waals surface area contributed by atoms with Gasteiger partial charge in [0.05, 0.1) is 12.2 Å². The Hall–Kier alpha value is -2.16. The smallest absolute Gasteiger partial charge is 0.142 e. The lowest BCUT2D eigenvalue weighted by molar-refractivity contribution is 0.327. The van der Waals surface area contributed by atoms with E-state index in [9.17, 15) is 0 Å². The van der Waals surface area contributed by atoms with Crippen LogP contribution in [0.25, 0.3) is 0 Å². The van der Waals surface area contributed by atoms with E-state index in [1.165, 1.54) is 5.69 Å². The third-order valence-corrected chi connectivity index (χ3v) is 3.05. The number of nitrogens with two attached hydrogens (primary N) is 1. The maximum Gasteiger partial charge on any atom is 0.142 e. The number of anilines is 2. The van der Waals surface area contributed by atoms with Crippen molar-refractivity contribution in [1.29, 1.82) is 0 Å². The largest absolute Gasteiger partial charge is 0.490 e. The molecule has 0 aliphatic rings. The van der Waals surface area contributed by atoms with Crippen LogP contribution in [0.1, 0.15) is 5.56 Å². The van der Waals surface area contributed by atoms with E-state index in [0.29, 0.717) is 12.3 Å². The summed E-state index contributed by atoms with van der Waals surface area (Å²) >= 11 is 0. The van der Waals surface area contributed by atoms with E-state index in [1.54, 1.807) is 0 Å². The first kappa shape index (κ1) is 13.3. The summed E-state index contributed by atoms with van der Waals surface area (Å²) in [5.41, 5.74) is 8.90. The van der Waals surface area contributed by atoms with Crippen molar-refractivity contribution < 1.29 is 4.74 Å². The predicted octanol–water partition coefficient (Wildman–Crippen LogP) is 3.09. The summed E-state index contributed by atoms with van der Waals surface area (Å²) in [6.45, 7) is 3.46. The number of nitrogen functional groups attached to an aromatic ring is 1. The molecule has 3 nitrogen and oxygen atoms in total. The molecule has 0 heterocycles. The van der Waals surface area contributed by atoms with Crippen LogP contribution in [0.4, 0.5) is 11.4 Å². The second-order valence-corrected chi connectivity index (χ2v) is 4.65. The molecule has 0 aromatic heterocycles. The van der Waals surface area contributed by atoms with E-state index in [2.05, 4.69) is 24.1 Å². The fraction of sp³-hybridized carbons (Fsp3) is 0.250. The molecule has 0 saturated heterocycles. The molecular formula is C16H20N2O. The maximum absolute atomic E-state index is 5.88. The van der Waals surface area contributed by atoms with Crippen LogP contribution in [0, 0.1) is 6.92 Å². The number of benzene rings is 2. The summed E-state index contributed by atoms with van der Waals surface area (Å²) in [6, 6.07) is 16.1. The SMILES string of the molecule is Cc1ccc(N)c(OCCN(C)c2ccccc2)c1. The Morgan fingerprint density at radius 2 is 1.84 bits per heavy atom. The predicted molar refractivity (Wildman–Crippen MR) is 80.8 cm³/mol. The Labute approximate surface area is 114 Å². The second kappa shape index (κ2) is 6.14. The van der Waals surface area contributed by atoms with Gasteiger partial charge in [0.15, 0.2) is 0 Å². The van der Waals surface area contributed by atoms with Crippen molar-refractivity contribution >= 4 is 11.4 Å². The Morgan fingerprint density at radius 3 is 2.58 bits per heavy atom. The van der Waals surface area contributed by atoms with Crippen molar-refractivity contribution in [2.24, 2.45) is 0 Å². The average molecular weight is 256 g/mol. The molecule has 0 fully saturated rings. The molecule has 0 spiro atoms. The Bertz CT molecular complexity index is 526. The van der Waals surface area contributed by atoms with Gasteiger partial charge in [0.2, 0.25) is 0 Å². The zero-order valence-corrected chi connectivity index (χ0v) is 11.5. The lowest BCUT2D eigenvalue weighted by Crippen LogP contribution is -2.23. The van der Waals surface area contributed by atoms with E-state index in [1.807, 2.05) is 43.3 Å². The Kier molecular flexibility index (Phi) is 4.29. The second-order valence-electron chi connectivity index (χ2n) is 4.65. The van der Waals surface area contributed by atoms with Gasteiger partial charge in [-0.25, -0.2) is 0 Å². The molecule has 2 aromatic rings. The molecule has 2 aromatic carbocycles. The summed E-state index contributed by atoms with van der Waals surface area (Å²) < 4.78 is 5.74. The standard InChI is InChI=1S/C16H20N2O/c1-13-8-9-15(17)16(12-13)19-11-10-18(2)14-6-4-3-5-7-14/h3-9,12H,10-11,17H2,1-2H3. The van der Waals surface area contributed by atoms with E-state index in [-0.39, 0.29) is 0 Å². The highest BCUT2D eigenvalue weighted by Gasteiger charge is 2.03. The number of likely N-dealkylation sites (N-methyl/N-ethyl adjacent to an activating group) is 1. The van der Waals surface area contributed by atoms with Crippen LogP contribution in [0.3, 0.4) is 0 Å². The van der Waals surface area contributed by atoms with Gasteiger partial charge >= 0.3 is 0 Å². The first-order chi connectivity index (χ1) is 9.16. The minimum atomic E-state index is 0.610. The molecule has 2 N–H and O–H groups in total. The van der Waals surface area contributed by atoms with E-state index < -0.39 is 0 Å². The number of hydrogen-bond acceptors (Lipinski definition) is 3. The highest BCUT2D eigenvalue weighted by molar-refractivity contribution is 5.53. The van der Waals surface area contributed by atoms with Crippen LogP contribution in [0.15, 0.2) is 48.5 Å². The summed E-state index contributed by atoms with van der Waals surface area (Å²) in [5.74, 6) is 0.765. The highest BCUT2D eigenvalue weighted by Crippen LogP contribution is 2.22. The van der Waals surface area contributed by atoms with Crippen LogP contribution >= 0.6 is 0 Å².